The molecule has 3 heterocycles. The lowest BCUT2D eigenvalue weighted by molar-refractivity contribution is -0.232. The fraction of sp³-hybridized carbons (Fsp3) is 0.0769. The summed E-state index contributed by atoms with van der Waals surface area (Å²) in [5.74, 6) is 1.21. The number of aromatic nitrogens is 3. The quantitative estimate of drug-likeness (QED) is 0.687. The number of nitrogens with zero attached hydrogens (tertiary/aromatic N) is 2. The van der Waals surface area contributed by atoms with Crippen LogP contribution in [0.3, 0.4) is 0 Å². The van der Waals surface area contributed by atoms with Crippen LogP contribution in [0.1, 0.15) is 0 Å². The molecule has 0 atom stereocenters. The lowest BCUT2D eigenvalue weighted by atomic mass is 10.1. The standard InChI is InChI=1S/C13H10N4O2/c1-2-4-10-8(3-1)9-7-14-17-12(9)13(15-10)16-11-5-6-18-19-11/h1-5,7H,6H2,(H,14,17)(H,15,16). The highest BCUT2D eigenvalue weighted by Crippen LogP contribution is 2.28. The zero-order valence-corrected chi connectivity index (χ0v) is 9.88. The molecule has 2 N–H and O–H groups in total. The summed E-state index contributed by atoms with van der Waals surface area (Å²) < 4.78 is 0. The zero-order valence-electron chi connectivity index (χ0n) is 9.88. The predicted octanol–water partition coefficient (Wildman–Crippen LogP) is 2.33. The van der Waals surface area contributed by atoms with Crippen molar-refractivity contribution >= 4 is 27.6 Å². The highest BCUT2D eigenvalue weighted by Gasteiger charge is 2.13. The average Bonchev–Trinajstić information content (AvgIpc) is 3.09. The van der Waals surface area contributed by atoms with E-state index in [1.165, 1.54) is 0 Å². The van der Waals surface area contributed by atoms with Gasteiger partial charge in [0, 0.05) is 16.8 Å². The van der Waals surface area contributed by atoms with E-state index < -0.39 is 0 Å². The van der Waals surface area contributed by atoms with E-state index in [1.54, 1.807) is 12.3 Å². The van der Waals surface area contributed by atoms with Gasteiger partial charge in [0.15, 0.2) is 5.82 Å². The second-order valence-corrected chi connectivity index (χ2v) is 4.20. The summed E-state index contributed by atoms with van der Waals surface area (Å²) in [6, 6.07) is 7.94. The summed E-state index contributed by atoms with van der Waals surface area (Å²) in [4.78, 5) is 14.4. The molecule has 1 aromatic carbocycles. The van der Waals surface area contributed by atoms with Gasteiger partial charge in [-0.05, 0) is 6.07 Å². The molecule has 0 aliphatic carbocycles. The third kappa shape index (κ3) is 1.61. The summed E-state index contributed by atoms with van der Waals surface area (Å²) >= 11 is 0. The van der Waals surface area contributed by atoms with E-state index >= 15 is 0 Å². The highest BCUT2D eigenvalue weighted by atomic mass is 17.2. The lowest BCUT2D eigenvalue weighted by Gasteiger charge is -2.07. The van der Waals surface area contributed by atoms with Crippen LogP contribution in [-0.2, 0) is 9.78 Å². The van der Waals surface area contributed by atoms with Gasteiger partial charge in [-0.2, -0.15) is 9.99 Å². The normalized spacial score (nSPS) is 14.6. The van der Waals surface area contributed by atoms with Gasteiger partial charge < -0.3 is 10.2 Å². The fourth-order valence-electron chi connectivity index (χ4n) is 2.17. The van der Waals surface area contributed by atoms with Crippen LogP contribution in [0.15, 0.2) is 42.4 Å². The van der Waals surface area contributed by atoms with Crippen molar-refractivity contribution in [1.29, 1.82) is 0 Å². The van der Waals surface area contributed by atoms with Crippen molar-refractivity contribution in [3.8, 4) is 0 Å². The van der Waals surface area contributed by atoms with Gasteiger partial charge in [0.2, 0.25) is 5.88 Å². The molecule has 0 fully saturated rings. The van der Waals surface area contributed by atoms with Crippen LogP contribution in [0.5, 0.6) is 0 Å². The van der Waals surface area contributed by atoms with Gasteiger partial charge in [0.05, 0.1) is 11.7 Å². The molecule has 2 aromatic heterocycles. The second-order valence-electron chi connectivity index (χ2n) is 4.20. The minimum Gasteiger partial charge on any atom is -0.319 e. The summed E-state index contributed by atoms with van der Waals surface area (Å²) in [5, 5.41) is 12.2. The summed E-state index contributed by atoms with van der Waals surface area (Å²) in [6.45, 7) is 0.433. The van der Waals surface area contributed by atoms with E-state index in [9.17, 15) is 0 Å². The average molecular weight is 254 g/mol. The molecule has 1 aliphatic heterocycles. The molecule has 0 spiro atoms. The van der Waals surface area contributed by atoms with Crippen molar-refractivity contribution in [2.75, 3.05) is 11.9 Å². The maximum atomic E-state index is 4.97. The Morgan fingerprint density at radius 2 is 2.16 bits per heavy atom. The molecule has 0 saturated carbocycles. The summed E-state index contributed by atoms with van der Waals surface area (Å²) in [7, 11) is 0. The maximum absolute atomic E-state index is 4.97. The first kappa shape index (κ1) is 10.3. The number of fused-ring (bicyclic) bond motifs is 3. The van der Waals surface area contributed by atoms with Crippen molar-refractivity contribution in [3.63, 3.8) is 0 Å². The molecule has 0 bridgehead atoms. The Kier molecular flexibility index (Phi) is 2.15. The van der Waals surface area contributed by atoms with Gasteiger partial charge in [-0.25, -0.2) is 4.98 Å². The second kappa shape index (κ2) is 3.96. The SMILES string of the molecule is C1=C(Nc2nc3ccccc3c3cn[nH]c23)OOC1. The Labute approximate surface area is 108 Å². The number of para-hydroxylation sites is 1. The van der Waals surface area contributed by atoms with Crippen LogP contribution in [0.4, 0.5) is 5.82 Å². The van der Waals surface area contributed by atoms with Crippen molar-refractivity contribution in [2.24, 2.45) is 0 Å². The summed E-state index contributed by atoms with van der Waals surface area (Å²) in [5.41, 5.74) is 1.74. The Bertz CT molecular complexity index is 794. The van der Waals surface area contributed by atoms with Crippen LogP contribution in [-0.4, -0.2) is 21.8 Å². The first-order chi connectivity index (χ1) is 9.42. The Hall–Kier alpha value is -2.60. The van der Waals surface area contributed by atoms with Crippen LogP contribution in [0.25, 0.3) is 21.8 Å². The third-order valence-corrected chi connectivity index (χ3v) is 3.03. The lowest BCUT2D eigenvalue weighted by Crippen LogP contribution is -2.02. The Balaban J connectivity index is 1.94. The number of aromatic amines is 1. The van der Waals surface area contributed by atoms with E-state index in [0.29, 0.717) is 18.3 Å². The van der Waals surface area contributed by atoms with Gasteiger partial charge in [-0.15, -0.1) is 0 Å². The molecule has 0 saturated heterocycles. The first-order valence-corrected chi connectivity index (χ1v) is 5.90. The number of pyridine rings is 1. The first-order valence-electron chi connectivity index (χ1n) is 5.90. The number of benzene rings is 1. The fourth-order valence-corrected chi connectivity index (χ4v) is 2.17. The van der Waals surface area contributed by atoms with E-state index in [1.807, 2.05) is 24.3 Å². The Morgan fingerprint density at radius 3 is 3.05 bits per heavy atom. The molecule has 19 heavy (non-hydrogen) atoms. The molecular formula is C13H10N4O2. The van der Waals surface area contributed by atoms with E-state index in [4.69, 9.17) is 9.78 Å². The van der Waals surface area contributed by atoms with Gasteiger partial charge >= 0.3 is 0 Å². The van der Waals surface area contributed by atoms with Gasteiger partial charge in [0.25, 0.3) is 0 Å². The molecule has 0 radical (unpaired) electrons. The van der Waals surface area contributed by atoms with Crippen molar-refractivity contribution < 1.29 is 9.78 Å². The maximum Gasteiger partial charge on any atom is 0.234 e. The minimum absolute atomic E-state index is 0.433. The van der Waals surface area contributed by atoms with E-state index in [0.717, 1.165) is 21.8 Å². The van der Waals surface area contributed by atoms with Crippen LogP contribution < -0.4 is 5.32 Å². The molecule has 4 rings (SSSR count). The van der Waals surface area contributed by atoms with Crippen molar-refractivity contribution in [3.05, 3.63) is 42.4 Å². The predicted molar refractivity (Wildman–Crippen MR) is 70.1 cm³/mol. The van der Waals surface area contributed by atoms with E-state index in [-0.39, 0.29) is 0 Å². The third-order valence-electron chi connectivity index (χ3n) is 3.03. The number of H-pyrrole nitrogens is 1. The molecule has 0 amide bonds. The highest BCUT2D eigenvalue weighted by molar-refractivity contribution is 6.08. The molecule has 0 unspecified atom stereocenters. The summed E-state index contributed by atoms with van der Waals surface area (Å²) in [6.07, 6.45) is 3.60. The van der Waals surface area contributed by atoms with Crippen molar-refractivity contribution in [2.45, 2.75) is 0 Å². The molecule has 94 valence electrons. The number of rotatable bonds is 2. The number of hydrogen-bond donors (Lipinski definition) is 2. The van der Waals surface area contributed by atoms with Crippen LogP contribution >= 0.6 is 0 Å². The monoisotopic (exact) mass is 254 g/mol. The van der Waals surface area contributed by atoms with Crippen LogP contribution in [0.2, 0.25) is 0 Å². The van der Waals surface area contributed by atoms with Crippen LogP contribution in [0, 0.1) is 0 Å². The molecule has 6 nitrogen and oxygen atoms in total. The molecule has 3 aromatic rings. The largest absolute Gasteiger partial charge is 0.319 e. The van der Waals surface area contributed by atoms with E-state index in [2.05, 4.69) is 20.5 Å². The zero-order chi connectivity index (χ0) is 12.7. The number of hydrogen-bond acceptors (Lipinski definition) is 5. The van der Waals surface area contributed by atoms with Gasteiger partial charge in [-0.1, -0.05) is 18.2 Å². The van der Waals surface area contributed by atoms with Crippen molar-refractivity contribution in [1.82, 2.24) is 15.2 Å². The minimum atomic E-state index is 0.433. The molecule has 1 aliphatic rings. The van der Waals surface area contributed by atoms with Gasteiger partial charge in [-0.3, -0.25) is 5.10 Å². The Morgan fingerprint density at radius 1 is 1.21 bits per heavy atom. The van der Waals surface area contributed by atoms with Gasteiger partial charge in [0.1, 0.15) is 12.1 Å². The topological polar surface area (TPSA) is 72.1 Å². The smallest absolute Gasteiger partial charge is 0.234 e. The number of nitrogens with one attached hydrogen (secondary N) is 2. The molecule has 6 heteroatoms. The molecular weight excluding hydrogens is 244 g/mol. The number of anilines is 1.